The Kier molecular flexibility index (Phi) is 8.67. The van der Waals surface area contributed by atoms with E-state index in [4.69, 9.17) is 18.9 Å². The molecular weight excluding hydrogens is 629 g/mol. The Bertz CT molecular complexity index is 2390. The zero-order valence-electron chi connectivity index (χ0n) is 29.5. The van der Waals surface area contributed by atoms with Crippen molar-refractivity contribution in [3.63, 3.8) is 0 Å². The van der Waals surface area contributed by atoms with Crippen molar-refractivity contribution in [3.8, 4) is 23.0 Å². The van der Waals surface area contributed by atoms with E-state index in [1.165, 1.54) is 43.4 Å². The van der Waals surface area contributed by atoms with Crippen molar-refractivity contribution in [3.05, 3.63) is 167 Å². The van der Waals surface area contributed by atoms with Gasteiger partial charge in [0.15, 0.2) is 0 Å². The molecular formula is C47H40O4. The molecule has 51 heavy (non-hydrogen) atoms. The van der Waals surface area contributed by atoms with Crippen LogP contribution in [0.4, 0.5) is 0 Å². The van der Waals surface area contributed by atoms with Crippen LogP contribution >= 0.6 is 0 Å². The largest absolute Gasteiger partial charge is 0.496 e. The van der Waals surface area contributed by atoms with Crippen LogP contribution in [0.3, 0.4) is 0 Å². The fourth-order valence-electron chi connectivity index (χ4n) is 7.98. The molecule has 8 aromatic rings. The predicted molar refractivity (Wildman–Crippen MR) is 210 cm³/mol. The van der Waals surface area contributed by atoms with Crippen molar-refractivity contribution >= 4 is 43.1 Å². The van der Waals surface area contributed by atoms with Crippen molar-refractivity contribution in [1.82, 2.24) is 0 Å². The molecule has 0 aliphatic rings. The van der Waals surface area contributed by atoms with Gasteiger partial charge in [0.1, 0.15) is 23.0 Å². The zero-order valence-corrected chi connectivity index (χ0v) is 29.5. The minimum absolute atomic E-state index is 0.641. The maximum absolute atomic E-state index is 6.39. The van der Waals surface area contributed by atoms with Crippen molar-refractivity contribution in [2.24, 2.45) is 0 Å². The molecule has 0 radical (unpaired) electrons. The third-order valence-corrected chi connectivity index (χ3v) is 10.3. The van der Waals surface area contributed by atoms with E-state index in [1.807, 2.05) is 0 Å². The molecule has 4 heteroatoms. The summed E-state index contributed by atoms with van der Waals surface area (Å²) in [5, 5.41) is 9.30. The highest BCUT2D eigenvalue weighted by Crippen LogP contribution is 2.42. The lowest BCUT2D eigenvalue weighted by atomic mass is 9.87. The van der Waals surface area contributed by atoms with Crippen molar-refractivity contribution < 1.29 is 18.9 Å². The lowest BCUT2D eigenvalue weighted by Crippen LogP contribution is -2.05. The van der Waals surface area contributed by atoms with Gasteiger partial charge in [-0.05, 0) is 78.8 Å². The summed E-state index contributed by atoms with van der Waals surface area (Å²) in [6.45, 7) is 0. The van der Waals surface area contributed by atoms with Crippen LogP contribution in [-0.2, 0) is 19.3 Å². The number of rotatable bonds is 10. The van der Waals surface area contributed by atoms with Gasteiger partial charge in [-0.3, -0.25) is 0 Å². The quantitative estimate of drug-likeness (QED) is 0.145. The van der Waals surface area contributed by atoms with Gasteiger partial charge in [0.05, 0.1) is 28.4 Å². The SMILES string of the molecule is COc1c(Cc2ccc(OC)c3ccccc23)cc2ccccc2c1Cc1c(OC)c(Cc2ccc(OC)c3ccccc23)cc2ccccc12. The molecule has 0 atom stereocenters. The molecule has 0 N–H and O–H groups in total. The normalized spacial score (nSPS) is 11.4. The smallest absolute Gasteiger partial charge is 0.126 e. The summed E-state index contributed by atoms with van der Waals surface area (Å²) in [6, 6.07) is 47.3. The summed E-state index contributed by atoms with van der Waals surface area (Å²) in [5.41, 5.74) is 7.04. The number of fused-ring (bicyclic) bond motifs is 4. The van der Waals surface area contributed by atoms with Gasteiger partial charge in [-0.25, -0.2) is 0 Å². The maximum atomic E-state index is 6.39. The fraction of sp³-hybridized carbons (Fsp3) is 0.149. The molecule has 0 aromatic heterocycles. The molecule has 0 amide bonds. The van der Waals surface area contributed by atoms with E-state index in [-0.39, 0.29) is 0 Å². The van der Waals surface area contributed by atoms with E-state index in [9.17, 15) is 0 Å². The first-order chi connectivity index (χ1) is 25.1. The van der Waals surface area contributed by atoms with Crippen LogP contribution < -0.4 is 18.9 Å². The first-order valence-corrected chi connectivity index (χ1v) is 17.4. The fourth-order valence-corrected chi connectivity index (χ4v) is 7.98. The number of ether oxygens (including phenoxy) is 4. The number of hydrogen-bond acceptors (Lipinski definition) is 4. The Morgan fingerprint density at radius 1 is 0.333 bits per heavy atom. The van der Waals surface area contributed by atoms with Gasteiger partial charge in [0.2, 0.25) is 0 Å². The van der Waals surface area contributed by atoms with Gasteiger partial charge in [-0.1, -0.05) is 109 Å². The Labute approximate surface area is 298 Å². The summed E-state index contributed by atoms with van der Waals surface area (Å²) >= 11 is 0. The van der Waals surface area contributed by atoms with Crippen LogP contribution in [0.25, 0.3) is 43.1 Å². The predicted octanol–water partition coefficient (Wildman–Crippen LogP) is 11.1. The standard InChI is InChI=1S/C47H40O4/c1-48-44-23-21-32(36-15-9-11-19-40(36)44)27-34-25-30-13-5-7-17-38(30)42(46(34)50-3)29-43-39-18-8-6-14-31(39)26-35(47(43)51-4)28-33-22-24-45(49-2)41-20-12-10-16-37(33)41/h5-26H,27-29H2,1-4H3. The highest BCUT2D eigenvalue weighted by Gasteiger charge is 2.22. The molecule has 0 aliphatic carbocycles. The van der Waals surface area contributed by atoms with Crippen LogP contribution in [0.1, 0.15) is 33.4 Å². The van der Waals surface area contributed by atoms with Crippen LogP contribution in [0.2, 0.25) is 0 Å². The summed E-state index contributed by atoms with van der Waals surface area (Å²) in [7, 11) is 7.05. The molecule has 0 heterocycles. The second-order valence-corrected chi connectivity index (χ2v) is 13.0. The van der Waals surface area contributed by atoms with E-state index >= 15 is 0 Å². The van der Waals surface area contributed by atoms with E-state index in [0.29, 0.717) is 19.3 Å². The first kappa shape index (κ1) is 32.2. The maximum Gasteiger partial charge on any atom is 0.126 e. The van der Waals surface area contributed by atoms with Crippen LogP contribution in [-0.4, -0.2) is 28.4 Å². The topological polar surface area (TPSA) is 36.9 Å². The third-order valence-electron chi connectivity index (χ3n) is 10.3. The highest BCUT2D eigenvalue weighted by atomic mass is 16.5. The van der Waals surface area contributed by atoms with E-state index in [2.05, 4.69) is 133 Å². The molecule has 0 unspecified atom stereocenters. The molecule has 8 aromatic carbocycles. The molecule has 8 rings (SSSR count). The van der Waals surface area contributed by atoms with Crippen LogP contribution in [0.5, 0.6) is 23.0 Å². The van der Waals surface area contributed by atoms with Gasteiger partial charge in [0, 0.05) is 41.2 Å². The lowest BCUT2D eigenvalue weighted by Gasteiger charge is -2.22. The molecule has 0 fully saturated rings. The monoisotopic (exact) mass is 668 g/mol. The second-order valence-electron chi connectivity index (χ2n) is 13.0. The van der Waals surface area contributed by atoms with Crippen LogP contribution in [0, 0.1) is 0 Å². The molecule has 0 spiro atoms. The van der Waals surface area contributed by atoms with E-state index in [1.54, 1.807) is 28.4 Å². The van der Waals surface area contributed by atoms with Crippen molar-refractivity contribution in [1.29, 1.82) is 0 Å². The zero-order chi connectivity index (χ0) is 34.9. The molecule has 4 nitrogen and oxygen atoms in total. The second kappa shape index (κ2) is 13.7. The van der Waals surface area contributed by atoms with E-state index < -0.39 is 0 Å². The first-order valence-electron chi connectivity index (χ1n) is 17.4. The lowest BCUT2D eigenvalue weighted by molar-refractivity contribution is 0.402. The number of methoxy groups -OCH3 is 4. The number of hydrogen-bond donors (Lipinski definition) is 0. The number of benzene rings is 8. The molecule has 0 aliphatic heterocycles. The highest BCUT2D eigenvalue weighted by molar-refractivity contribution is 5.95. The molecule has 252 valence electrons. The minimum atomic E-state index is 0.641. The Hall–Kier alpha value is -6.00. The van der Waals surface area contributed by atoms with Gasteiger partial charge in [0.25, 0.3) is 0 Å². The average Bonchev–Trinajstić information content (AvgIpc) is 3.18. The summed E-state index contributed by atoms with van der Waals surface area (Å²) in [4.78, 5) is 0. The van der Waals surface area contributed by atoms with E-state index in [0.717, 1.165) is 56.0 Å². The molecule has 0 saturated carbocycles. The van der Waals surface area contributed by atoms with Gasteiger partial charge < -0.3 is 18.9 Å². The van der Waals surface area contributed by atoms with Crippen molar-refractivity contribution in [2.45, 2.75) is 19.3 Å². The average molecular weight is 669 g/mol. The molecule has 0 saturated heterocycles. The van der Waals surface area contributed by atoms with Gasteiger partial charge in [-0.15, -0.1) is 0 Å². The Morgan fingerprint density at radius 3 is 1.10 bits per heavy atom. The summed E-state index contributed by atoms with van der Waals surface area (Å²) < 4.78 is 24.2. The van der Waals surface area contributed by atoms with Crippen molar-refractivity contribution in [2.75, 3.05) is 28.4 Å². The van der Waals surface area contributed by atoms with Gasteiger partial charge >= 0.3 is 0 Å². The third kappa shape index (κ3) is 5.77. The van der Waals surface area contributed by atoms with Crippen LogP contribution in [0.15, 0.2) is 133 Å². The Morgan fingerprint density at radius 2 is 0.706 bits per heavy atom. The Balaban J connectivity index is 1.30. The molecule has 0 bridgehead atoms. The summed E-state index contributed by atoms with van der Waals surface area (Å²) in [6.07, 6.45) is 2.07. The summed E-state index contributed by atoms with van der Waals surface area (Å²) in [5.74, 6) is 3.57. The minimum Gasteiger partial charge on any atom is -0.496 e. The van der Waals surface area contributed by atoms with Gasteiger partial charge in [-0.2, -0.15) is 0 Å².